The van der Waals surface area contributed by atoms with Gasteiger partial charge in [-0.15, -0.1) is 0 Å². The summed E-state index contributed by atoms with van der Waals surface area (Å²) in [5.41, 5.74) is 2.69. The van der Waals surface area contributed by atoms with Crippen LogP contribution in [0.5, 0.6) is 0 Å². The highest BCUT2D eigenvalue weighted by Gasteiger charge is 2.18. The summed E-state index contributed by atoms with van der Waals surface area (Å²) >= 11 is 0. The topological polar surface area (TPSA) is 56.2 Å². The lowest BCUT2D eigenvalue weighted by molar-refractivity contribution is 0.0830. The minimum absolute atomic E-state index is 0.0321. The first-order valence-electron chi connectivity index (χ1n) is 9.19. The van der Waals surface area contributed by atoms with Crippen LogP contribution < -0.4 is 5.32 Å². The van der Waals surface area contributed by atoms with Crippen molar-refractivity contribution in [1.29, 1.82) is 0 Å². The van der Waals surface area contributed by atoms with E-state index in [1.807, 2.05) is 18.2 Å². The average molecular weight is 327 g/mol. The van der Waals surface area contributed by atoms with E-state index >= 15 is 0 Å². The van der Waals surface area contributed by atoms with Crippen LogP contribution in [0.4, 0.5) is 0 Å². The first-order chi connectivity index (χ1) is 11.8. The van der Waals surface area contributed by atoms with Crippen LogP contribution >= 0.6 is 0 Å². The molecule has 1 aromatic heterocycles. The Morgan fingerprint density at radius 3 is 2.79 bits per heavy atom. The van der Waals surface area contributed by atoms with Gasteiger partial charge >= 0.3 is 0 Å². The van der Waals surface area contributed by atoms with Crippen molar-refractivity contribution < 1.29 is 9.53 Å². The molecule has 2 aromatic rings. The molecule has 1 amide bonds. The van der Waals surface area contributed by atoms with E-state index in [9.17, 15) is 4.79 Å². The lowest BCUT2D eigenvalue weighted by Gasteiger charge is -2.21. The zero-order chi connectivity index (χ0) is 16.4. The van der Waals surface area contributed by atoms with Crippen LogP contribution in [0.3, 0.4) is 0 Å². The highest BCUT2D eigenvalue weighted by Crippen LogP contribution is 2.22. The van der Waals surface area contributed by atoms with Crippen LogP contribution in [0.2, 0.25) is 0 Å². The number of rotatable bonds is 2. The van der Waals surface area contributed by atoms with Gasteiger partial charge in [0.05, 0.1) is 17.6 Å². The lowest BCUT2D eigenvalue weighted by atomic mass is 9.96. The molecule has 0 radical (unpaired) electrons. The highest BCUT2D eigenvalue weighted by molar-refractivity contribution is 5.97. The van der Waals surface area contributed by atoms with Crippen molar-refractivity contribution in [2.45, 2.75) is 64.1 Å². The van der Waals surface area contributed by atoms with Crippen LogP contribution in [0.25, 0.3) is 11.0 Å². The Morgan fingerprint density at radius 1 is 1.17 bits per heavy atom. The van der Waals surface area contributed by atoms with Crippen LogP contribution in [-0.2, 0) is 17.9 Å². The molecule has 2 heterocycles. The van der Waals surface area contributed by atoms with Gasteiger partial charge in [0.25, 0.3) is 5.91 Å². The van der Waals surface area contributed by atoms with Gasteiger partial charge in [-0.3, -0.25) is 4.79 Å². The molecular weight excluding hydrogens is 302 g/mol. The van der Waals surface area contributed by atoms with Gasteiger partial charge in [0, 0.05) is 18.2 Å². The van der Waals surface area contributed by atoms with Crippen molar-refractivity contribution >= 4 is 16.9 Å². The summed E-state index contributed by atoms with van der Waals surface area (Å²) in [6, 6.07) is 6.17. The second-order valence-electron chi connectivity index (χ2n) is 6.95. The first-order valence-corrected chi connectivity index (χ1v) is 9.19. The number of fused-ring (bicyclic) bond motifs is 3. The summed E-state index contributed by atoms with van der Waals surface area (Å²) in [5, 5.41) is 3.23. The molecular formula is C19H25N3O2. The number of nitrogens with one attached hydrogen (secondary N) is 1. The summed E-state index contributed by atoms with van der Waals surface area (Å²) in [4.78, 5) is 17.3. The summed E-state index contributed by atoms with van der Waals surface area (Å²) in [5.74, 6) is 0.985. The molecule has 1 aliphatic heterocycles. The van der Waals surface area contributed by atoms with E-state index in [2.05, 4.69) is 14.9 Å². The van der Waals surface area contributed by atoms with Gasteiger partial charge in [-0.2, -0.15) is 0 Å². The van der Waals surface area contributed by atoms with Crippen molar-refractivity contribution in [3.63, 3.8) is 0 Å². The molecule has 24 heavy (non-hydrogen) atoms. The van der Waals surface area contributed by atoms with Gasteiger partial charge < -0.3 is 14.6 Å². The predicted octanol–water partition coefficient (Wildman–Crippen LogP) is 3.41. The minimum Gasteiger partial charge on any atom is -0.372 e. The van der Waals surface area contributed by atoms with Gasteiger partial charge in [-0.25, -0.2) is 4.98 Å². The van der Waals surface area contributed by atoms with Gasteiger partial charge in [-0.1, -0.05) is 32.1 Å². The Kier molecular flexibility index (Phi) is 4.52. The Morgan fingerprint density at radius 2 is 1.96 bits per heavy atom. The normalized spacial score (nSPS) is 19.5. The largest absolute Gasteiger partial charge is 0.372 e. The Bertz CT molecular complexity index is 730. The van der Waals surface area contributed by atoms with Crippen LogP contribution in [0.15, 0.2) is 18.2 Å². The lowest BCUT2D eigenvalue weighted by Crippen LogP contribution is -2.35. The maximum absolute atomic E-state index is 12.6. The average Bonchev–Trinajstić information content (AvgIpc) is 2.94. The molecule has 2 aliphatic rings. The van der Waals surface area contributed by atoms with E-state index in [0.717, 1.165) is 42.9 Å². The molecule has 1 saturated carbocycles. The number of amides is 1. The zero-order valence-electron chi connectivity index (χ0n) is 14.1. The molecule has 1 fully saturated rings. The Hall–Kier alpha value is -1.88. The number of carbonyl (C=O) groups excluding carboxylic acids is 1. The fourth-order valence-corrected chi connectivity index (χ4v) is 3.87. The molecule has 1 aromatic carbocycles. The van der Waals surface area contributed by atoms with E-state index in [0.29, 0.717) is 18.2 Å². The van der Waals surface area contributed by atoms with Gasteiger partial charge in [0.15, 0.2) is 0 Å². The third-order valence-electron chi connectivity index (χ3n) is 5.22. The fourth-order valence-electron chi connectivity index (χ4n) is 3.87. The molecule has 0 unspecified atom stereocenters. The van der Waals surface area contributed by atoms with E-state index in [1.165, 1.54) is 32.1 Å². The van der Waals surface area contributed by atoms with Crippen molar-refractivity contribution in [3.8, 4) is 0 Å². The zero-order valence-corrected chi connectivity index (χ0v) is 14.1. The molecule has 4 rings (SSSR count). The summed E-state index contributed by atoms with van der Waals surface area (Å²) in [7, 11) is 0. The van der Waals surface area contributed by atoms with E-state index in [4.69, 9.17) is 4.74 Å². The molecule has 1 N–H and O–H groups in total. The molecule has 128 valence electrons. The third kappa shape index (κ3) is 3.18. The van der Waals surface area contributed by atoms with E-state index in [-0.39, 0.29) is 5.91 Å². The first kappa shape index (κ1) is 15.6. The smallest absolute Gasteiger partial charge is 0.251 e. The maximum Gasteiger partial charge on any atom is 0.251 e. The molecule has 5 nitrogen and oxygen atoms in total. The molecule has 0 atom stereocenters. The van der Waals surface area contributed by atoms with Gasteiger partial charge in [0.2, 0.25) is 0 Å². The van der Waals surface area contributed by atoms with Crippen molar-refractivity contribution in [2.24, 2.45) is 0 Å². The molecule has 5 heteroatoms. The maximum atomic E-state index is 12.6. The van der Waals surface area contributed by atoms with E-state index < -0.39 is 0 Å². The predicted molar refractivity (Wildman–Crippen MR) is 93.0 cm³/mol. The molecule has 0 spiro atoms. The molecule has 0 saturated heterocycles. The quantitative estimate of drug-likeness (QED) is 0.919. The van der Waals surface area contributed by atoms with Crippen LogP contribution in [0, 0.1) is 0 Å². The second-order valence-corrected chi connectivity index (χ2v) is 6.95. The SMILES string of the molecule is O=C(NC1CCCCCCC1)c1ccc2c(c1)nc1n2CCOC1. The number of hydrogen-bond acceptors (Lipinski definition) is 3. The monoisotopic (exact) mass is 327 g/mol. The summed E-state index contributed by atoms with van der Waals surface area (Å²) in [6.07, 6.45) is 8.57. The van der Waals surface area contributed by atoms with Gasteiger partial charge in [-0.05, 0) is 31.0 Å². The molecule has 0 bridgehead atoms. The van der Waals surface area contributed by atoms with Crippen molar-refractivity contribution in [3.05, 3.63) is 29.6 Å². The third-order valence-corrected chi connectivity index (χ3v) is 5.22. The second kappa shape index (κ2) is 6.93. The number of aromatic nitrogens is 2. The molecule has 1 aliphatic carbocycles. The number of benzene rings is 1. The number of ether oxygens (including phenoxy) is 1. The minimum atomic E-state index is 0.0321. The number of hydrogen-bond donors (Lipinski definition) is 1. The van der Waals surface area contributed by atoms with Gasteiger partial charge in [0.1, 0.15) is 12.4 Å². The summed E-state index contributed by atoms with van der Waals surface area (Å²) < 4.78 is 7.65. The standard InChI is InChI=1S/C19H25N3O2/c23-19(20-15-6-4-2-1-3-5-7-15)14-8-9-17-16(12-14)21-18-13-24-11-10-22(17)18/h8-9,12,15H,1-7,10-11,13H2,(H,20,23). The number of imidazole rings is 1. The van der Waals surface area contributed by atoms with Crippen molar-refractivity contribution in [2.75, 3.05) is 6.61 Å². The highest BCUT2D eigenvalue weighted by atomic mass is 16.5. The van der Waals surface area contributed by atoms with Crippen LogP contribution in [-0.4, -0.2) is 28.1 Å². The Labute approximate surface area is 142 Å². The number of nitrogens with zero attached hydrogens (tertiary/aromatic N) is 2. The number of carbonyl (C=O) groups is 1. The van der Waals surface area contributed by atoms with E-state index in [1.54, 1.807) is 0 Å². The van der Waals surface area contributed by atoms with Crippen LogP contribution in [0.1, 0.15) is 61.1 Å². The van der Waals surface area contributed by atoms with Crippen molar-refractivity contribution in [1.82, 2.24) is 14.9 Å². The fraction of sp³-hybridized carbons (Fsp3) is 0.579. The summed E-state index contributed by atoms with van der Waals surface area (Å²) in [6.45, 7) is 2.11. The Balaban J connectivity index is 1.51.